The molecule has 0 radical (unpaired) electrons. The van der Waals surface area contributed by atoms with Gasteiger partial charge in [0.25, 0.3) is 11.5 Å². The number of thioether (sulfide) groups is 1. The molecule has 2 aliphatic heterocycles. The first kappa shape index (κ1) is 28.8. The molecule has 1 amide bonds. The highest BCUT2D eigenvalue weighted by molar-refractivity contribution is 8.26. The van der Waals surface area contributed by atoms with Crippen LogP contribution in [0.5, 0.6) is 0 Å². The molecule has 3 heterocycles. The van der Waals surface area contributed by atoms with Gasteiger partial charge in [0.15, 0.2) is 0 Å². The Kier molecular flexibility index (Phi) is 8.77. The first-order chi connectivity index (χ1) is 19.8. The number of carbonyl (C=O) groups excluding carboxylic acids is 1. The van der Waals surface area contributed by atoms with E-state index in [0.29, 0.717) is 27.3 Å². The standard InChI is InChI=1S/C33H34N4O2S2/c1-4-36-30(35-17-15-25(16-18-35)19-24-11-7-5-8-12-24)27(22(2)28(21-34)31(36)38)20-29-32(39)37(33(40)41-29)23(3)26-13-9-6-10-14-26/h5-14,20,23,25H,4,15-19H2,1-3H3/b29-20+. The lowest BCUT2D eigenvalue weighted by Crippen LogP contribution is -2.39. The van der Waals surface area contributed by atoms with Crippen LogP contribution in [0, 0.1) is 24.2 Å². The number of piperidine rings is 1. The number of rotatable bonds is 7. The Morgan fingerprint density at radius 2 is 1.71 bits per heavy atom. The SMILES string of the molecule is CCn1c(N2CCC(Cc3ccccc3)CC2)c(/C=C2/SC(=S)N(C(C)c3ccccc3)C2=O)c(C)c(C#N)c1=O. The van der Waals surface area contributed by atoms with E-state index in [1.54, 1.807) is 9.47 Å². The van der Waals surface area contributed by atoms with Crippen LogP contribution in [-0.2, 0) is 17.8 Å². The molecule has 6 nitrogen and oxygen atoms in total. The maximum Gasteiger partial charge on any atom is 0.270 e. The number of hydrogen-bond donors (Lipinski definition) is 0. The minimum absolute atomic E-state index is 0.119. The fourth-order valence-electron chi connectivity index (χ4n) is 5.90. The predicted molar refractivity (Wildman–Crippen MR) is 171 cm³/mol. The first-order valence-corrected chi connectivity index (χ1v) is 15.3. The Morgan fingerprint density at radius 1 is 1.07 bits per heavy atom. The Labute approximate surface area is 251 Å². The fraction of sp³-hybridized carbons (Fsp3) is 0.333. The molecule has 41 heavy (non-hydrogen) atoms. The maximum atomic E-state index is 13.7. The van der Waals surface area contributed by atoms with Crippen LogP contribution in [0.15, 0.2) is 70.4 Å². The molecule has 8 heteroatoms. The van der Waals surface area contributed by atoms with Gasteiger partial charge in [-0.1, -0.05) is 84.6 Å². The van der Waals surface area contributed by atoms with Gasteiger partial charge in [-0.25, -0.2) is 0 Å². The molecule has 3 aromatic rings. The molecule has 0 spiro atoms. The molecular weight excluding hydrogens is 549 g/mol. The van der Waals surface area contributed by atoms with Crippen molar-refractivity contribution in [1.29, 1.82) is 5.26 Å². The van der Waals surface area contributed by atoms with Crippen LogP contribution in [0.3, 0.4) is 0 Å². The largest absolute Gasteiger partial charge is 0.357 e. The highest BCUT2D eigenvalue weighted by Crippen LogP contribution is 2.40. The summed E-state index contributed by atoms with van der Waals surface area (Å²) in [6.07, 6.45) is 4.89. The molecule has 1 aromatic heterocycles. The van der Waals surface area contributed by atoms with Crippen LogP contribution in [0.25, 0.3) is 6.08 Å². The summed E-state index contributed by atoms with van der Waals surface area (Å²) in [5.41, 5.74) is 3.54. The van der Waals surface area contributed by atoms with Crippen molar-refractivity contribution in [2.45, 2.75) is 52.6 Å². The molecule has 0 N–H and O–H groups in total. The molecule has 5 rings (SSSR count). The van der Waals surface area contributed by atoms with Crippen LogP contribution >= 0.6 is 24.0 Å². The van der Waals surface area contributed by atoms with Crippen LogP contribution in [0.2, 0.25) is 0 Å². The number of hydrogen-bond acceptors (Lipinski definition) is 6. The number of thiocarbonyl (C=S) groups is 1. The van der Waals surface area contributed by atoms with E-state index in [4.69, 9.17) is 12.2 Å². The third-order valence-corrected chi connectivity index (χ3v) is 9.54. The average molecular weight is 583 g/mol. The highest BCUT2D eigenvalue weighted by Gasteiger charge is 2.37. The molecule has 1 atom stereocenters. The van der Waals surface area contributed by atoms with E-state index >= 15 is 0 Å². The smallest absolute Gasteiger partial charge is 0.270 e. The van der Waals surface area contributed by atoms with Crippen LogP contribution < -0.4 is 10.5 Å². The van der Waals surface area contributed by atoms with E-state index in [2.05, 4.69) is 35.2 Å². The highest BCUT2D eigenvalue weighted by atomic mass is 32.2. The molecule has 0 bridgehead atoms. The Bertz CT molecular complexity index is 1580. The summed E-state index contributed by atoms with van der Waals surface area (Å²) in [5.74, 6) is 1.19. The zero-order valence-corrected chi connectivity index (χ0v) is 25.3. The number of nitriles is 1. The van der Waals surface area contributed by atoms with Crippen molar-refractivity contribution in [3.05, 3.63) is 104 Å². The van der Waals surface area contributed by atoms with Crippen molar-refractivity contribution >= 4 is 46.1 Å². The van der Waals surface area contributed by atoms with Crippen molar-refractivity contribution < 1.29 is 4.79 Å². The summed E-state index contributed by atoms with van der Waals surface area (Å²) in [5, 5.41) is 9.92. The summed E-state index contributed by atoms with van der Waals surface area (Å²) < 4.78 is 2.20. The Hall–Kier alpha value is -3.67. The van der Waals surface area contributed by atoms with Crippen molar-refractivity contribution in [2.75, 3.05) is 18.0 Å². The Balaban J connectivity index is 1.50. The van der Waals surface area contributed by atoms with Crippen molar-refractivity contribution in [3.63, 3.8) is 0 Å². The topological polar surface area (TPSA) is 69.3 Å². The van der Waals surface area contributed by atoms with Gasteiger partial charge in [0.2, 0.25) is 0 Å². The number of aromatic nitrogens is 1. The van der Waals surface area contributed by atoms with E-state index < -0.39 is 0 Å². The predicted octanol–water partition coefficient (Wildman–Crippen LogP) is 6.47. The third-order valence-electron chi connectivity index (χ3n) is 8.21. The van der Waals surface area contributed by atoms with Crippen LogP contribution in [0.4, 0.5) is 5.82 Å². The number of benzene rings is 2. The second-order valence-electron chi connectivity index (χ2n) is 10.7. The van der Waals surface area contributed by atoms with E-state index in [1.807, 2.05) is 63.2 Å². The number of nitrogens with zero attached hydrogens (tertiary/aromatic N) is 4. The molecule has 0 aliphatic carbocycles. The van der Waals surface area contributed by atoms with Crippen molar-refractivity contribution in [1.82, 2.24) is 9.47 Å². The monoisotopic (exact) mass is 582 g/mol. The molecular formula is C33H34N4O2S2. The maximum absolute atomic E-state index is 13.7. The van der Waals surface area contributed by atoms with Gasteiger partial charge in [-0.2, -0.15) is 5.26 Å². The third kappa shape index (κ3) is 5.74. The van der Waals surface area contributed by atoms with Crippen molar-refractivity contribution in [3.8, 4) is 6.07 Å². The molecule has 210 valence electrons. The van der Waals surface area contributed by atoms with Gasteiger partial charge in [0.1, 0.15) is 21.8 Å². The summed E-state index contributed by atoms with van der Waals surface area (Å²) in [4.78, 5) is 31.6. The second-order valence-corrected chi connectivity index (χ2v) is 12.3. The lowest BCUT2D eigenvalue weighted by molar-refractivity contribution is -0.123. The minimum atomic E-state index is -0.281. The van der Waals surface area contributed by atoms with Gasteiger partial charge in [-0.05, 0) is 68.7 Å². The zero-order valence-electron chi connectivity index (χ0n) is 23.7. The van der Waals surface area contributed by atoms with Gasteiger partial charge in [0.05, 0.1) is 10.9 Å². The van der Waals surface area contributed by atoms with Gasteiger partial charge >= 0.3 is 0 Å². The van der Waals surface area contributed by atoms with E-state index in [1.165, 1.54) is 17.3 Å². The summed E-state index contributed by atoms with van der Waals surface area (Å²) in [7, 11) is 0. The zero-order chi connectivity index (χ0) is 29.1. The lowest BCUT2D eigenvalue weighted by atomic mass is 9.90. The minimum Gasteiger partial charge on any atom is -0.357 e. The van der Waals surface area contributed by atoms with Crippen LogP contribution in [0.1, 0.15) is 60.5 Å². The lowest BCUT2D eigenvalue weighted by Gasteiger charge is -2.36. The molecule has 1 unspecified atom stereocenters. The molecule has 2 aromatic carbocycles. The summed E-state index contributed by atoms with van der Waals surface area (Å²) in [6.45, 7) is 7.74. The molecule has 2 saturated heterocycles. The molecule has 0 saturated carbocycles. The van der Waals surface area contributed by atoms with Gasteiger partial charge in [-0.15, -0.1) is 0 Å². The van der Waals surface area contributed by atoms with Crippen LogP contribution in [-0.4, -0.2) is 32.8 Å². The van der Waals surface area contributed by atoms with E-state index in [-0.39, 0.29) is 23.1 Å². The molecule has 2 fully saturated rings. The van der Waals surface area contributed by atoms with Gasteiger partial charge < -0.3 is 4.90 Å². The number of anilines is 1. The Morgan fingerprint density at radius 3 is 2.32 bits per heavy atom. The second kappa shape index (κ2) is 12.5. The molecule has 2 aliphatic rings. The van der Waals surface area contributed by atoms with Gasteiger partial charge in [-0.3, -0.25) is 19.1 Å². The first-order valence-electron chi connectivity index (χ1n) is 14.1. The number of pyridine rings is 1. The van der Waals surface area contributed by atoms with E-state index in [9.17, 15) is 14.9 Å². The summed E-state index contributed by atoms with van der Waals surface area (Å²) >= 11 is 6.95. The fourth-order valence-corrected chi connectivity index (χ4v) is 7.30. The number of carbonyl (C=O) groups is 1. The number of amides is 1. The van der Waals surface area contributed by atoms with Crippen molar-refractivity contribution in [2.24, 2.45) is 5.92 Å². The van der Waals surface area contributed by atoms with Gasteiger partial charge in [0, 0.05) is 25.2 Å². The average Bonchev–Trinajstić information content (AvgIpc) is 3.27. The normalized spacial score (nSPS) is 17.8. The quantitative estimate of drug-likeness (QED) is 0.235. The summed E-state index contributed by atoms with van der Waals surface area (Å²) in [6, 6.07) is 22.3. The van der Waals surface area contributed by atoms with E-state index in [0.717, 1.165) is 49.3 Å².